The lowest BCUT2D eigenvalue weighted by atomic mass is 9.39. The van der Waals surface area contributed by atoms with Crippen molar-refractivity contribution in [2.24, 2.45) is 0 Å². The molecule has 0 aliphatic carbocycles. The molecule has 0 fully saturated rings. The fraction of sp³-hybridized carbons (Fsp3) is 0.133. The van der Waals surface area contributed by atoms with Gasteiger partial charge in [-0.1, -0.05) is 148 Å². The van der Waals surface area contributed by atoms with Crippen LogP contribution in [0.5, 0.6) is 0 Å². The summed E-state index contributed by atoms with van der Waals surface area (Å²) in [6, 6.07) is 69.1. The Hall–Kier alpha value is -6.86. The molecule has 0 saturated carbocycles. The quantitative estimate of drug-likeness (QED) is 0.127. The summed E-state index contributed by atoms with van der Waals surface area (Å²) >= 11 is 3.96. The molecule has 0 bridgehead atoms. The number of thiophene rings is 2. The lowest BCUT2D eigenvalue weighted by molar-refractivity contribution is 0.795. The van der Waals surface area contributed by atoms with E-state index in [0.29, 0.717) is 0 Å². The first-order valence-electron chi connectivity index (χ1n) is 23.8. The van der Waals surface area contributed by atoms with E-state index in [0.717, 1.165) is 18.5 Å². The first-order chi connectivity index (χ1) is 32.7. The minimum Gasteiger partial charge on any atom is -0.310 e. The number of fused-ring (bicyclic) bond motifs is 11. The van der Waals surface area contributed by atoms with Crippen LogP contribution in [0.15, 0.2) is 182 Å². The van der Waals surface area contributed by atoms with Gasteiger partial charge >= 0.3 is 0 Å². The van der Waals surface area contributed by atoms with Crippen LogP contribution in [-0.2, 0) is 12.8 Å². The fourth-order valence-corrected chi connectivity index (χ4v) is 13.7. The predicted molar refractivity (Wildman–Crippen MR) is 288 cm³/mol. The van der Waals surface area contributed by atoms with E-state index in [9.17, 15) is 0 Å². The summed E-state index contributed by atoms with van der Waals surface area (Å²) in [4.78, 5) is 5.31. The second kappa shape index (κ2) is 15.9. The van der Waals surface area contributed by atoms with Crippen LogP contribution in [-0.4, -0.2) is 11.3 Å². The maximum Gasteiger partial charge on any atom is 0.277 e. The van der Waals surface area contributed by atoms with Gasteiger partial charge in [-0.3, -0.25) is 0 Å². The predicted octanol–water partition coefficient (Wildman–Crippen LogP) is 15.6. The molecule has 6 heteroatoms. The van der Waals surface area contributed by atoms with Gasteiger partial charge in [0.05, 0.1) is 33.8 Å². The molecule has 0 saturated heterocycles. The Balaban J connectivity index is 1.19. The number of para-hydroxylation sites is 2. The van der Waals surface area contributed by atoms with Crippen LogP contribution < -0.4 is 24.8 Å². The molecule has 13 rings (SSSR count). The summed E-state index contributed by atoms with van der Waals surface area (Å²) in [6.45, 7) is 4.62. The van der Waals surface area contributed by atoms with Crippen molar-refractivity contribution in [1.82, 2.24) is 4.57 Å². The number of anilines is 6. The molecule has 3 aromatic heterocycles. The average Bonchev–Trinajstić information content (AvgIpc) is 4.06. The third kappa shape index (κ3) is 6.08. The number of rotatable bonds is 10. The smallest absolute Gasteiger partial charge is 0.277 e. The van der Waals surface area contributed by atoms with E-state index in [1.165, 1.54) is 139 Å². The SMILES string of the molecule is CCCCc1ccc(N2c3cc(-n4c5ccccc5c5ccccc54)cc4c3B(c3sc5ccccc5c32)c2sc3ccccc3c2N4c2ccc(CCCC)cc2-c2ccccc2)cc1. The van der Waals surface area contributed by atoms with Gasteiger partial charge in [-0.05, 0) is 109 Å². The highest BCUT2D eigenvalue weighted by molar-refractivity contribution is 7.40. The zero-order chi connectivity index (χ0) is 43.9. The molecule has 0 N–H and O–H groups in total. The van der Waals surface area contributed by atoms with Gasteiger partial charge < -0.3 is 14.4 Å². The summed E-state index contributed by atoms with van der Waals surface area (Å²) in [7, 11) is 0. The largest absolute Gasteiger partial charge is 0.310 e. The fourth-order valence-electron chi connectivity index (χ4n) is 11.1. The Bertz CT molecular complexity index is 3600. The molecule has 0 amide bonds. The standard InChI is InChI=1S/C60H48BN3S2/c1-3-5-18-39-30-33-42(34-31-39)63-52-37-43(62-49-26-14-10-22-44(49)45-23-11-15-27-50(45)62)38-53-56(52)61(59-57(63)46-24-12-16-28-54(46)65-59)60-58(47-25-13-17-29-55(47)66-60)64(53)51-35-32-40(19-6-4-2)36-48(51)41-20-8-7-9-21-41/h7-17,20-38H,3-6,18-19H2,1-2H3. The van der Waals surface area contributed by atoms with E-state index in [2.05, 4.69) is 210 Å². The summed E-state index contributed by atoms with van der Waals surface area (Å²) in [6.07, 6.45) is 6.86. The minimum atomic E-state index is 0.0438. The normalized spacial score (nSPS) is 13.0. The van der Waals surface area contributed by atoms with Gasteiger partial charge in [0.25, 0.3) is 6.71 Å². The summed E-state index contributed by atoms with van der Waals surface area (Å²) in [5, 5.41) is 5.13. The van der Waals surface area contributed by atoms with Crippen LogP contribution >= 0.6 is 22.7 Å². The van der Waals surface area contributed by atoms with Crippen LogP contribution in [0.2, 0.25) is 0 Å². The van der Waals surface area contributed by atoms with Gasteiger partial charge in [0.2, 0.25) is 0 Å². The Kier molecular flexibility index (Phi) is 9.54. The van der Waals surface area contributed by atoms with Crippen molar-refractivity contribution in [2.75, 3.05) is 9.80 Å². The number of hydrogen-bond acceptors (Lipinski definition) is 4. The monoisotopic (exact) mass is 885 g/mol. The molecule has 0 spiro atoms. The van der Waals surface area contributed by atoms with Gasteiger partial charge in [-0.15, -0.1) is 22.7 Å². The molecule has 318 valence electrons. The first kappa shape index (κ1) is 39.5. The molecule has 0 radical (unpaired) electrons. The van der Waals surface area contributed by atoms with Crippen LogP contribution in [0, 0.1) is 0 Å². The first-order valence-corrected chi connectivity index (χ1v) is 25.4. The van der Waals surface area contributed by atoms with E-state index in [-0.39, 0.29) is 6.71 Å². The Morgan fingerprint density at radius 1 is 0.439 bits per heavy atom. The van der Waals surface area contributed by atoms with E-state index in [1.807, 2.05) is 22.7 Å². The van der Waals surface area contributed by atoms with Crippen LogP contribution in [0.1, 0.15) is 50.7 Å². The highest BCUT2D eigenvalue weighted by atomic mass is 32.1. The Morgan fingerprint density at radius 2 is 0.955 bits per heavy atom. The second-order valence-corrected chi connectivity index (χ2v) is 20.3. The van der Waals surface area contributed by atoms with Crippen LogP contribution in [0.3, 0.4) is 0 Å². The van der Waals surface area contributed by atoms with Crippen molar-refractivity contribution in [3.63, 3.8) is 0 Å². The van der Waals surface area contributed by atoms with Crippen molar-refractivity contribution in [3.8, 4) is 16.8 Å². The third-order valence-electron chi connectivity index (χ3n) is 14.1. The molecular formula is C60H48BN3S2. The number of aryl methyl sites for hydroxylation is 2. The van der Waals surface area contributed by atoms with Crippen molar-refractivity contribution in [2.45, 2.75) is 52.4 Å². The van der Waals surface area contributed by atoms with Gasteiger partial charge in [0, 0.05) is 63.1 Å². The molecule has 0 atom stereocenters. The summed E-state index contributed by atoms with van der Waals surface area (Å²) in [5.41, 5.74) is 17.7. The van der Waals surface area contributed by atoms with Gasteiger partial charge in [-0.2, -0.15) is 0 Å². The number of benzene rings is 8. The second-order valence-electron chi connectivity index (χ2n) is 18.1. The van der Waals surface area contributed by atoms with Gasteiger partial charge in [0.15, 0.2) is 0 Å². The van der Waals surface area contributed by atoms with E-state index >= 15 is 0 Å². The zero-order valence-electron chi connectivity index (χ0n) is 37.3. The molecule has 66 heavy (non-hydrogen) atoms. The number of hydrogen-bond donors (Lipinski definition) is 0. The lowest BCUT2D eigenvalue weighted by Gasteiger charge is -2.43. The highest BCUT2D eigenvalue weighted by Gasteiger charge is 2.47. The van der Waals surface area contributed by atoms with Crippen LogP contribution in [0.4, 0.5) is 34.1 Å². The average molecular weight is 886 g/mol. The summed E-state index contributed by atoms with van der Waals surface area (Å²) < 4.78 is 7.98. The summed E-state index contributed by atoms with van der Waals surface area (Å²) in [5.74, 6) is 0. The Labute approximate surface area is 394 Å². The number of unbranched alkanes of at least 4 members (excludes halogenated alkanes) is 2. The Morgan fingerprint density at radius 3 is 1.58 bits per heavy atom. The third-order valence-corrected chi connectivity index (χ3v) is 16.6. The maximum atomic E-state index is 2.68. The zero-order valence-corrected chi connectivity index (χ0v) is 38.9. The van der Waals surface area contributed by atoms with Gasteiger partial charge in [-0.25, -0.2) is 0 Å². The van der Waals surface area contributed by atoms with E-state index in [1.54, 1.807) is 0 Å². The van der Waals surface area contributed by atoms with Crippen LogP contribution in [0.25, 0.3) is 58.8 Å². The molecule has 2 aliphatic rings. The molecule has 5 heterocycles. The molecule has 3 nitrogen and oxygen atoms in total. The molecule has 2 aliphatic heterocycles. The van der Waals surface area contributed by atoms with Crippen molar-refractivity contribution in [1.29, 1.82) is 0 Å². The molecule has 8 aromatic carbocycles. The molecule has 11 aromatic rings. The molecular weight excluding hydrogens is 838 g/mol. The number of aromatic nitrogens is 1. The van der Waals surface area contributed by atoms with Crippen molar-refractivity contribution < 1.29 is 0 Å². The van der Waals surface area contributed by atoms with Gasteiger partial charge in [0.1, 0.15) is 0 Å². The number of nitrogens with zero attached hydrogens (tertiary/aromatic N) is 3. The minimum absolute atomic E-state index is 0.0438. The van der Waals surface area contributed by atoms with Crippen molar-refractivity contribution >= 4 is 121 Å². The van der Waals surface area contributed by atoms with E-state index < -0.39 is 0 Å². The van der Waals surface area contributed by atoms with Crippen molar-refractivity contribution in [3.05, 3.63) is 193 Å². The van der Waals surface area contributed by atoms with E-state index in [4.69, 9.17) is 0 Å². The highest BCUT2D eigenvalue weighted by Crippen LogP contribution is 2.53. The maximum absolute atomic E-state index is 2.68. The molecule has 0 unspecified atom stereocenters. The lowest BCUT2D eigenvalue weighted by Crippen LogP contribution is -2.59. The topological polar surface area (TPSA) is 11.4 Å².